The molecule has 6 nitrogen and oxygen atoms in total. The zero-order chi connectivity index (χ0) is 21.6. The predicted molar refractivity (Wildman–Crippen MR) is 121 cm³/mol. The van der Waals surface area contributed by atoms with E-state index < -0.39 is 0 Å². The Bertz CT molecular complexity index is 1190. The lowest BCUT2D eigenvalue weighted by Crippen LogP contribution is -2.25. The van der Waals surface area contributed by atoms with Crippen LogP contribution in [0, 0.1) is 0 Å². The highest BCUT2D eigenvalue weighted by atomic mass is 35.5. The van der Waals surface area contributed by atoms with Crippen LogP contribution in [0.1, 0.15) is 16.2 Å². The van der Waals surface area contributed by atoms with Crippen molar-refractivity contribution in [2.24, 2.45) is 0 Å². The number of aromatic nitrogens is 2. The fraction of sp³-hybridized carbons (Fsp3) is 0.167. The third-order valence-electron chi connectivity index (χ3n) is 4.87. The van der Waals surface area contributed by atoms with Crippen LogP contribution in [0.4, 0.5) is 0 Å². The molecule has 0 saturated carbocycles. The van der Waals surface area contributed by atoms with Crippen molar-refractivity contribution < 1.29 is 14.3 Å². The van der Waals surface area contributed by atoms with Crippen LogP contribution in [0.15, 0.2) is 72.8 Å². The summed E-state index contributed by atoms with van der Waals surface area (Å²) >= 11 is 5.90. The van der Waals surface area contributed by atoms with E-state index in [0.717, 1.165) is 28.4 Å². The average Bonchev–Trinajstić information content (AvgIpc) is 3.15. The van der Waals surface area contributed by atoms with Gasteiger partial charge in [-0.25, -0.2) is 4.98 Å². The summed E-state index contributed by atoms with van der Waals surface area (Å²) in [5, 5.41) is 3.53. The molecule has 0 aliphatic carbocycles. The van der Waals surface area contributed by atoms with Gasteiger partial charge in [0.25, 0.3) is 5.91 Å². The standard InChI is InChI=1S/C24H22ClN3O3/c1-30-19-5-4-6-20(15-19)31-14-13-28-22-8-3-2-7-21(22)27-23(28)16-26-24(29)17-9-11-18(25)12-10-17/h2-12,15H,13-14,16H2,1H3,(H,26,29). The first-order valence-electron chi connectivity index (χ1n) is 9.89. The number of hydrogen-bond acceptors (Lipinski definition) is 4. The second kappa shape index (κ2) is 9.53. The van der Waals surface area contributed by atoms with Crippen LogP contribution < -0.4 is 14.8 Å². The maximum atomic E-state index is 12.5. The van der Waals surface area contributed by atoms with E-state index >= 15 is 0 Å². The summed E-state index contributed by atoms with van der Waals surface area (Å²) in [5.74, 6) is 2.07. The minimum Gasteiger partial charge on any atom is -0.497 e. The van der Waals surface area contributed by atoms with E-state index in [2.05, 4.69) is 9.88 Å². The fourth-order valence-electron chi connectivity index (χ4n) is 3.32. The molecule has 4 rings (SSSR count). The van der Waals surface area contributed by atoms with Gasteiger partial charge < -0.3 is 19.4 Å². The Morgan fingerprint density at radius 3 is 2.61 bits per heavy atom. The van der Waals surface area contributed by atoms with Crippen LogP contribution >= 0.6 is 11.6 Å². The van der Waals surface area contributed by atoms with Crippen molar-refractivity contribution in [1.82, 2.24) is 14.9 Å². The number of para-hydroxylation sites is 2. The molecule has 0 radical (unpaired) electrons. The van der Waals surface area contributed by atoms with Crippen LogP contribution in [-0.2, 0) is 13.1 Å². The molecule has 0 fully saturated rings. The number of rotatable bonds is 8. The number of benzene rings is 3. The Balaban J connectivity index is 1.47. The van der Waals surface area contributed by atoms with Gasteiger partial charge in [-0.1, -0.05) is 29.8 Å². The number of carbonyl (C=O) groups excluding carboxylic acids is 1. The summed E-state index contributed by atoms with van der Waals surface area (Å²) in [6.45, 7) is 1.34. The zero-order valence-electron chi connectivity index (χ0n) is 17.0. The van der Waals surface area contributed by atoms with Crippen molar-refractivity contribution in [3.8, 4) is 11.5 Å². The smallest absolute Gasteiger partial charge is 0.251 e. The van der Waals surface area contributed by atoms with E-state index in [9.17, 15) is 4.79 Å². The number of hydrogen-bond donors (Lipinski definition) is 1. The van der Waals surface area contributed by atoms with Gasteiger partial charge in [0.2, 0.25) is 0 Å². The van der Waals surface area contributed by atoms with Gasteiger partial charge in [0.1, 0.15) is 23.9 Å². The van der Waals surface area contributed by atoms with Gasteiger partial charge >= 0.3 is 0 Å². The van der Waals surface area contributed by atoms with E-state index in [4.69, 9.17) is 26.1 Å². The number of imidazole rings is 1. The van der Waals surface area contributed by atoms with Crippen molar-refractivity contribution in [2.45, 2.75) is 13.1 Å². The van der Waals surface area contributed by atoms with Crippen LogP contribution in [0.2, 0.25) is 5.02 Å². The monoisotopic (exact) mass is 435 g/mol. The predicted octanol–water partition coefficient (Wildman–Crippen LogP) is 4.71. The molecule has 0 aliphatic heterocycles. The van der Waals surface area contributed by atoms with Crippen LogP contribution in [0.3, 0.4) is 0 Å². The van der Waals surface area contributed by atoms with Gasteiger partial charge in [-0.05, 0) is 48.5 Å². The second-order valence-electron chi connectivity index (χ2n) is 6.89. The molecule has 0 spiro atoms. The normalized spacial score (nSPS) is 10.8. The number of halogens is 1. The van der Waals surface area contributed by atoms with Gasteiger partial charge in [-0.3, -0.25) is 4.79 Å². The first-order chi connectivity index (χ1) is 15.1. The number of fused-ring (bicyclic) bond motifs is 1. The number of nitrogens with one attached hydrogen (secondary N) is 1. The Morgan fingerprint density at radius 1 is 1.03 bits per heavy atom. The third kappa shape index (κ3) is 4.98. The van der Waals surface area contributed by atoms with E-state index in [-0.39, 0.29) is 5.91 Å². The molecule has 0 atom stereocenters. The fourth-order valence-corrected chi connectivity index (χ4v) is 3.44. The average molecular weight is 436 g/mol. The summed E-state index contributed by atoms with van der Waals surface area (Å²) in [5.41, 5.74) is 2.42. The molecular weight excluding hydrogens is 414 g/mol. The molecule has 4 aromatic rings. The van der Waals surface area contributed by atoms with Crippen LogP contribution in [0.25, 0.3) is 11.0 Å². The third-order valence-corrected chi connectivity index (χ3v) is 5.12. The van der Waals surface area contributed by atoms with Crippen molar-refractivity contribution in [3.05, 3.63) is 89.2 Å². The first-order valence-corrected chi connectivity index (χ1v) is 10.3. The number of amides is 1. The summed E-state index contributed by atoms with van der Waals surface area (Å²) in [6.07, 6.45) is 0. The molecule has 0 unspecified atom stereocenters. The minimum atomic E-state index is -0.178. The second-order valence-corrected chi connectivity index (χ2v) is 7.32. The highest BCUT2D eigenvalue weighted by Crippen LogP contribution is 2.20. The SMILES string of the molecule is COc1cccc(OCCn2c(CNC(=O)c3ccc(Cl)cc3)nc3ccccc32)c1. The van der Waals surface area contributed by atoms with Crippen molar-refractivity contribution in [2.75, 3.05) is 13.7 Å². The summed E-state index contributed by atoms with van der Waals surface area (Å²) in [4.78, 5) is 17.2. The van der Waals surface area contributed by atoms with Gasteiger partial charge in [-0.2, -0.15) is 0 Å². The first kappa shape index (κ1) is 20.8. The number of ether oxygens (including phenoxy) is 2. The molecule has 0 saturated heterocycles. The molecule has 7 heteroatoms. The van der Waals surface area contributed by atoms with E-state index in [1.54, 1.807) is 31.4 Å². The van der Waals surface area contributed by atoms with E-state index in [1.807, 2.05) is 48.5 Å². The van der Waals surface area contributed by atoms with Crippen LogP contribution in [-0.4, -0.2) is 29.2 Å². The number of methoxy groups -OCH3 is 1. The molecule has 1 heterocycles. The Labute approximate surface area is 185 Å². The van der Waals surface area contributed by atoms with Crippen molar-refractivity contribution in [1.29, 1.82) is 0 Å². The molecule has 31 heavy (non-hydrogen) atoms. The lowest BCUT2D eigenvalue weighted by Gasteiger charge is -2.12. The van der Waals surface area contributed by atoms with Gasteiger partial charge in [-0.15, -0.1) is 0 Å². The number of carbonyl (C=O) groups is 1. The molecule has 3 aromatic carbocycles. The highest BCUT2D eigenvalue weighted by molar-refractivity contribution is 6.30. The number of nitrogens with zero attached hydrogens (tertiary/aromatic N) is 2. The molecule has 0 aliphatic rings. The Kier molecular flexibility index (Phi) is 6.38. The van der Waals surface area contributed by atoms with Crippen molar-refractivity contribution in [3.63, 3.8) is 0 Å². The van der Waals surface area contributed by atoms with Gasteiger partial charge in [0.15, 0.2) is 0 Å². The topological polar surface area (TPSA) is 65.4 Å². The summed E-state index contributed by atoms with van der Waals surface area (Å²) in [7, 11) is 1.63. The van der Waals surface area contributed by atoms with E-state index in [0.29, 0.717) is 30.3 Å². The van der Waals surface area contributed by atoms with Crippen molar-refractivity contribution >= 4 is 28.5 Å². The lowest BCUT2D eigenvalue weighted by atomic mass is 10.2. The Morgan fingerprint density at radius 2 is 1.81 bits per heavy atom. The van der Waals surface area contributed by atoms with Gasteiger partial charge in [0.05, 0.1) is 31.2 Å². The van der Waals surface area contributed by atoms with Crippen LogP contribution in [0.5, 0.6) is 11.5 Å². The minimum absolute atomic E-state index is 0.178. The Hall–Kier alpha value is -3.51. The molecular formula is C24H22ClN3O3. The van der Waals surface area contributed by atoms with Gasteiger partial charge in [0, 0.05) is 16.7 Å². The molecule has 0 bridgehead atoms. The summed E-state index contributed by atoms with van der Waals surface area (Å²) in [6, 6.07) is 22.2. The zero-order valence-corrected chi connectivity index (χ0v) is 17.8. The quantitative estimate of drug-likeness (QED) is 0.435. The van der Waals surface area contributed by atoms with E-state index in [1.165, 1.54) is 0 Å². The maximum Gasteiger partial charge on any atom is 0.251 e. The lowest BCUT2D eigenvalue weighted by molar-refractivity contribution is 0.0949. The summed E-state index contributed by atoms with van der Waals surface area (Å²) < 4.78 is 13.2. The maximum absolute atomic E-state index is 12.5. The molecule has 1 aromatic heterocycles. The molecule has 1 N–H and O–H groups in total. The highest BCUT2D eigenvalue weighted by Gasteiger charge is 2.13. The largest absolute Gasteiger partial charge is 0.497 e. The molecule has 158 valence electrons. The molecule has 1 amide bonds.